The maximum absolute atomic E-state index is 11.2. The van der Waals surface area contributed by atoms with Crippen LogP contribution in [0.3, 0.4) is 0 Å². The van der Waals surface area contributed by atoms with Crippen LogP contribution < -0.4 is 0 Å². The Kier molecular flexibility index (Phi) is 1.34. The van der Waals surface area contributed by atoms with Crippen LogP contribution >= 0.6 is 11.6 Å². The number of halogens is 1. The van der Waals surface area contributed by atoms with Crippen LogP contribution in [0.5, 0.6) is 0 Å². The molecule has 0 heterocycles. The minimum Gasteiger partial charge on any atom is -0.297 e. The first-order valence-electron chi connectivity index (χ1n) is 3.65. The van der Waals surface area contributed by atoms with Crippen LogP contribution in [0.2, 0.25) is 0 Å². The maximum atomic E-state index is 11.2. The van der Waals surface area contributed by atoms with E-state index in [4.69, 9.17) is 11.6 Å². The average molecular weight is 157 g/mol. The number of fused-ring (bicyclic) bond motifs is 2. The minimum absolute atomic E-state index is 0.146. The second-order valence-electron chi connectivity index (χ2n) is 3.04. The predicted molar refractivity (Wildman–Crippen MR) is 40.0 cm³/mol. The summed E-state index contributed by atoms with van der Waals surface area (Å²) in [4.78, 5) is 11.2. The first kappa shape index (κ1) is 6.41. The van der Waals surface area contributed by atoms with Gasteiger partial charge in [-0.2, -0.15) is 0 Å². The Labute approximate surface area is 65.1 Å². The van der Waals surface area contributed by atoms with E-state index in [1.807, 2.05) is 6.08 Å². The highest BCUT2D eigenvalue weighted by molar-refractivity contribution is 6.32. The Hall–Kier alpha value is -0.300. The number of ketones is 1. The summed E-state index contributed by atoms with van der Waals surface area (Å²) < 4.78 is 0. The highest BCUT2D eigenvalue weighted by Crippen LogP contribution is 2.36. The number of rotatable bonds is 0. The van der Waals surface area contributed by atoms with E-state index >= 15 is 0 Å². The number of carbonyl (C=O) groups is 1. The van der Waals surface area contributed by atoms with E-state index in [9.17, 15) is 4.79 Å². The molecule has 2 heteroatoms. The summed E-state index contributed by atoms with van der Waals surface area (Å²) in [5.41, 5.74) is 0. The van der Waals surface area contributed by atoms with Gasteiger partial charge in [-0.25, -0.2) is 0 Å². The monoisotopic (exact) mass is 156 g/mol. The van der Waals surface area contributed by atoms with Crippen molar-refractivity contribution in [1.29, 1.82) is 0 Å². The van der Waals surface area contributed by atoms with Crippen molar-refractivity contribution >= 4 is 17.4 Å². The van der Waals surface area contributed by atoms with Gasteiger partial charge in [0.1, 0.15) is 0 Å². The molecule has 0 aromatic heterocycles. The Morgan fingerprint density at radius 2 is 2.20 bits per heavy atom. The largest absolute Gasteiger partial charge is 0.297 e. The summed E-state index contributed by atoms with van der Waals surface area (Å²) >= 11 is 5.86. The molecule has 3 rings (SSSR count). The molecular weight excluding hydrogens is 148 g/mol. The quantitative estimate of drug-likeness (QED) is 0.386. The lowest BCUT2D eigenvalue weighted by molar-refractivity contribution is -0.124. The third-order valence-electron chi connectivity index (χ3n) is 2.41. The first-order valence-corrected chi connectivity index (χ1v) is 4.09. The normalized spacial score (nSPS) is 44.5. The Bertz CT molecular complexity index is 197. The molecule has 0 aromatic rings. The molecule has 1 saturated carbocycles. The van der Waals surface area contributed by atoms with Gasteiger partial charge in [-0.15, -0.1) is 11.6 Å². The van der Waals surface area contributed by atoms with Gasteiger partial charge in [-0.05, 0) is 12.8 Å². The van der Waals surface area contributed by atoms with Crippen LogP contribution in [0, 0.1) is 11.8 Å². The van der Waals surface area contributed by atoms with Gasteiger partial charge in [0.25, 0.3) is 0 Å². The third kappa shape index (κ3) is 0.734. The van der Waals surface area contributed by atoms with Gasteiger partial charge in [0, 0.05) is 11.8 Å². The smallest absolute Gasteiger partial charge is 0.158 e. The number of hydrogen-bond donors (Lipinski definition) is 0. The fourth-order valence-electron chi connectivity index (χ4n) is 1.74. The summed E-state index contributed by atoms with van der Waals surface area (Å²) in [5, 5.41) is -0.219. The molecule has 1 fully saturated rings. The van der Waals surface area contributed by atoms with Gasteiger partial charge in [0.15, 0.2) is 5.78 Å². The molecule has 0 N–H and O–H groups in total. The molecule has 3 atom stereocenters. The van der Waals surface area contributed by atoms with E-state index in [1.54, 1.807) is 0 Å². The number of carbonyl (C=O) groups excluding carboxylic acids is 1. The summed E-state index contributed by atoms with van der Waals surface area (Å²) in [5.74, 6) is 0.715. The van der Waals surface area contributed by atoms with E-state index in [-0.39, 0.29) is 17.1 Å². The molecule has 54 valence electrons. The molecule has 3 aliphatic carbocycles. The number of alkyl halides is 1. The van der Waals surface area contributed by atoms with Crippen molar-refractivity contribution in [1.82, 2.24) is 0 Å². The van der Waals surface area contributed by atoms with Crippen molar-refractivity contribution in [2.45, 2.75) is 18.2 Å². The molecule has 2 unspecified atom stereocenters. The molecule has 0 radical (unpaired) electrons. The maximum Gasteiger partial charge on any atom is 0.158 e. The van der Waals surface area contributed by atoms with E-state index in [1.165, 1.54) is 0 Å². The molecule has 0 saturated heterocycles. The van der Waals surface area contributed by atoms with Crippen LogP contribution in [0.1, 0.15) is 12.8 Å². The lowest BCUT2D eigenvalue weighted by Crippen LogP contribution is -2.37. The van der Waals surface area contributed by atoms with Gasteiger partial charge >= 0.3 is 0 Å². The predicted octanol–water partition coefficient (Wildman–Crippen LogP) is 1.76. The van der Waals surface area contributed by atoms with Gasteiger partial charge in [-0.1, -0.05) is 12.2 Å². The van der Waals surface area contributed by atoms with Gasteiger partial charge in [0.05, 0.1) is 5.38 Å². The second-order valence-corrected chi connectivity index (χ2v) is 3.51. The van der Waals surface area contributed by atoms with Crippen molar-refractivity contribution in [3.05, 3.63) is 12.2 Å². The van der Waals surface area contributed by atoms with Crippen molar-refractivity contribution in [2.75, 3.05) is 0 Å². The molecule has 2 bridgehead atoms. The van der Waals surface area contributed by atoms with Crippen LogP contribution in [0.4, 0.5) is 0 Å². The van der Waals surface area contributed by atoms with Crippen molar-refractivity contribution in [3.8, 4) is 0 Å². The first-order chi connectivity index (χ1) is 4.79. The standard InChI is InChI=1S/C8H9ClO/c9-7-5-1-3-6(4-2-5)8(7)10/h1,3,5-7H,2,4H2/t5?,6?,7-/m0/s1. The van der Waals surface area contributed by atoms with Gasteiger partial charge < -0.3 is 0 Å². The van der Waals surface area contributed by atoms with Crippen LogP contribution in [-0.2, 0) is 4.79 Å². The topological polar surface area (TPSA) is 17.1 Å². The van der Waals surface area contributed by atoms with E-state index in [2.05, 4.69) is 6.08 Å². The molecule has 1 nitrogen and oxygen atoms in total. The fraction of sp³-hybridized carbons (Fsp3) is 0.625. The summed E-state index contributed by atoms with van der Waals surface area (Å²) in [6.45, 7) is 0. The van der Waals surface area contributed by atoms with Crippen LogP contribution in [0.15, 0.2) is 12.2 Å². The lowest BCUT2D eigenvalue weighted by atomic mass is 9.75. The highest BCUT2D eigenvalue weighted by Gasteiger charge is 2.37. The van der Waals surface area contributed by atoms with Gasteiger partial charge in [-0.3, -0.25) is 4.79 Å². The number of Topliss-reactive ketones (excluding diaryl/α,β-unsaturated/α-hetero) is 1. The summed E-state index contributed by atoms with van der Waals surface area (Å²) in [6.07, 6.45) is 6.22. The third-order valence-corrected chi connectivity index (χ3v) is 2.95. The van der Waals surface area contributed by atoms with E-state index in [0.717, 1.165) is 12.8 Å². The van der Waals surface area contributed by atoms with Crippen molar-refractivity contribution in [2.24, 2.45) is 11.8 Å². The average Bonchev–Trinajstić information content (AvgIpc) is 2.00. The zero-order valence-corrected chi connectivity index (χ0v) is 6.34. The lowest BCUT2D eigenvalue weighted by Gasteiger charge is -2.32. The Balaban J connectivity index is 2.33. The zero-order chi connectivity index (χ0) is 7.14. The van der Waals surface area contributed by atoms with E-state index < -0.39 is 0 Å². The summed E-state index contributed by atoms with van der Waals surface area (Å²) in [7, 11) is 0. The molecule has 0 amide bonds. The van der Waals surface area contributed by atoms with Crippen LogP contribution in [0.25, 0.3) is 0 Å². The minimum atomic E-state index is -0.219. The zero-order valence-electron chi connectivity index (χ0n) is 5.59. The number of hydrogen-bond acceptors (Lipinski definition) is 1. The van der Waals surface area contributed by atoms with Crippen molar-refractivity contribution in [3.63, 3.8) is 0 Å². The highest BCUT2D eigenvalue weighted by atomic mass is 35.5. The van der Waals surface area contributed by atoms with Gasteiger partial charge in [0.2, 0.25) is 0 Å². The Morgan fingerprint density at radius 1 is 1.40 bits per heavy atom. The molecule has 0 aromatic carbocycles. The number of allylic oxidation sites excluding steroid dienone is 2. The fourth-order valence-corrected chi connectivity index (χ4v) is 2.11. The second kappa shape index (κ2) is 2.09. The van der Waals surface area contributed by atoms with Crippen LogP contribution in [-0.4, -0.2) is 11.2 Å². The molecular formula is C8H9ClO. The summed E-state index contributed by atoms with van der Waals surface area (Å²) in [6, 6.07) is 0. The Morgan fingerprint density at radius 3 is 2.50 bits per heavy atom. The molecule has 0 spiro atoms. The molecule has 3 aliphatic rings. The molecule has 10 heavy (non-hydrogen) atoms. The molecule has 0 aliphatic heterocycles. The van der Waals surface area contributed by atoms with Crippen molar-refractivity contribution < 1.29 is 4.79 Å². The SMILES string of the molecule is O=C1C2C=CC(CC2)[C@@H]1Cl. The van der Waals surface area contributed by atoms with E-state index in [0.29, 0.717) is 5.92 Å².